The van der Waals surface area contributed by atoms with Crippen LogP contribution in [0.25, 0.3) is 5.69 Å². The van der Waals surface area contributed by atoms with Gasteiger partial charge in [0.1, 0.15) is 0 Å². The van der Waals surface area contributed by atoms with E-state index < -0.39 is 5.97 Å². The lowest BCUT2D eigenvalue weighted by atomic mass is 10.2. The molecule has 0 aliphatic rings. The van der Waals surface area contributed by atoms with Crippen molar-refractivity contribution in [1.82, 2.24) is 9.78 Å². The van der Waals surface area contributed by atoms with E-state index in [1.54, 1.807) is 12.1 Å². The summed E-state index contributed by atoms with van der Waals surface area (Å²) in [5.41, 5.74) is 1.75. The molecule has 0 aliphatic heterocycles. The van der Waals surface area contributed by atoms with E-state index in [4.69, 9.17) is 16.7 Å². The van der Waals surface area contributed by atoms with Crippen LogP contribution in [0, 0.1) is 6.92 Å². The number of aromatic nitrogens is 2. The van der Waals surface area contributed by atoms with Crippen LogP contribution in [0.3, 0.4) is 0 Å². The Bertz CT molecular complexity index is 531. The number of carboxylic acids is 1. The smallest absolute Gasteiger partial charge is 0.356 e. The van der Waals surface area contributed by atoms with Crippen LogP contribution in [0.2, 0.25) is 5.02 Å². The van der Waals surface area contributed by atoms with Crippen molar-refractivity contribution in [1.29, 1.82) is 0 Å². The standard InChI is InChI=1S/C11H9ClN2O2/c1-7-2-4-8(5-3-7)14-10(11(15)16)9(12)6-13-14/h2-6H,1H3,(H,15,16). The van der Waals surface area contributed by atoms with Gasteiger partial charge in [0.05, 0.1) is 16.9 Å². The Labute approximate surface area is 97.1 Å². The maximum Gasteiger partial charge on any atom is 0.356 e. The lowest BCUT2D eigenvalue weighted by Crippen LogP contribution is -2.08. The van der Waals surface area contributed by atoms with Gasteiger partial charge < -0.3 is 5.11 Å². The zero-order valence-corrected chi connectivity index (χ0v) is 9.27. The molecular formula is C11H9ClN2O2. The van der Waals surface area contributed by atoms with Crippen LogP contribution >= 0.6 is 11.6 Å². The first-order valence-corrected chi connectivity index (χ1v) is 5.01. The van der Waals surface area contributed by atoms with Gasteiger partial charge in [0.15, 0.2) is 5.69 Å². The Hall–Kier alpha value is -1.81. The number of carboxylic acid groups (broad SMARTS) is 1. The predicted octanol–water partition coefficient (Wildman–Crippen LogP) is 2.53. The van der Waals surface area contributed by atoms with Crippen molar-refractivity contribution in [3.63, 3.8) is 0 Å². The summed E-state index contributed by atoms with van der Waals surface area (Å²) in [6.45, 7) is 1.96. The van der Waals surface area contributed by atoms with Crippen LogP contribution < -0.4 is 0 Å². The molecule has 0 saturated carbocycles. The highest BCUT2D eigenvalue weighted by atomic mass is 35.5. The van der Waals surface area contributed by atoms with Gasteiger partial charge in [0.2, 0.25) is 0 Å². The predicted molar refractivity (Wildman–Crippen MR) is 60.3 cm³/mol. The van der Waals surface area contributed by atoms with Crippen LogP contribution in [-0.4, -0.2) is 20.9 Å². The maximum atomic E-state index is 11.0. The number of rotatable bonds is 2. The first-order chi connectivity index (χ1) is 7.59. The second-order valence-electron chi connectivity index (χ2n) is 3.39. The number of hydrogen-bond acceptors (Lipinski definition) is 2. The molecule has 0 atom stereocenters. The van der Waals surface area contributed by atoms with Gasteiger partial charge in [0, 0.05) is 0 Å². The first-order valence-electron chi connectivity index (χ1n) is 4.63. The number of carbonyl (C=O) groups is 1. The van der Waals surface area contributed by atoms with E-state index in [0.29, 0.717) is 5.69 Å². The van der Waals surface area contributed by atoms with Crippen LogP contribution in [0.5, 0.6) is 0 Å². The monoisotopic (exact) mass is 236 g/mol. The second kappa shape index (κ2) is 3.98. The molecule has 4 nitrogen and oxygen atoms in total. The van der Waals surface area contributed by atoms with Gasteiger partial charge in [-0.15, -0.1) is 0 Å². The summed E-state index contributed by atoms with van der Waals surface area (Å²) >= 11 is 5.76. The third kappa shape index (κ3) is 1.79. The summed E-state index contributed by atoms with van der Waals surface area (Å²) < 4.78 is 1.31. The van der Waals surface area contributed by atoms with Gasteiger partial charge in [-0.25, -0.2) is 9.48 Å². The van der Waals surface area contributed by atoms with Crippen LogP contribution in [-0.2, 0) is 0 Å². The average Bonchev–Trinajstić information content (AvgIpc) is 2.61. The van der Waals surface area contributed by atoms with Crippen LogP contribution in [0.15, 0.2) is 30.5 Å². The summed E-state index contributed by atoms with van der Waals surface area (Å²) in [6.07, 6.45) is 1.32. The van der Waals surface area contributed by atoms with Gasteiger partial charge in [-0.1, -0.05) is 29.3 Å². The van der Waals surface area contributed by atoms with Crippen molar-refractivity contribution in [2.24, 2.45) is 0 Å². The molecule has 1 heterocycles. The van der Waals surface area contributed by atoms with Crippen molar-refractivity contribution < 1.29 is 9.90 Å². The molecule has 5 heteroatoms. The lowest BCUT2D eigenvalue weighted by Gasteiger charge is -2.04. The molecule has 2 aromatic rings. The SMILES string of the molecule is Cc1ccc(-n2ncc(Cl)c2C(=O)O)cc1. The Morgan fingerprint density at radius 2 is 2.00 bits per heavy atom. The molecule has 0 bridgehead atoms. The minimum atomic E-state index is -1.09. The number of aromatic carboxylic acids is 1. The van der Waals surface area contributed by atoms with Gasteiger partial charge >= 0.3 is 5.97 Å². The number of aryl methyl sites for hydroxylation is 1. The molecule has 0 unspecified atom stereocenters. The molecule has 0 amide bonds. The Morgan fingerprint density at radius 3 is 2.56 bits per heavy atom. The fourth-order valence-electron chi connectivity index (χ4n) is 1.40. The summed E-state index contributed by atoms with van der Waals surface area (Å²) in [4.78, 5) is 11.0. The molecule has 2 rings (SSSR count). The van der Waals surface area contributed by atoms with Crippen molar-refractivity contribution in [3.05, 3.63) is 46.7 Å². The summed E-state index contributed by atoms with van der Waals surface area (Å²) in [6, 6.07) is 7.36. The largest absolute Gasteiger partial charge is 0.476 e. The summed E-state index contributed by atoms with van der Waals surface area (Å²) in [5, 5.41) is 13.1. The Balaban J connectivity index is 2.56. The van der Waals surface area contributed by atoms with Crippen molar-refractivity contribution in [2.75, 3.05) is 0 Å². The van der Waals surface area contributed by atoms with E-state index in [-0.39, 0.29) is 10.7 Å². The first kappa shape index (κ1) is 10.7. The van der Waals surface area contributed by atoms with Crippen molar-refractivity contribution >= 4 is 17.6 Å². The van der Waals surface area contributed by atoms with E-state index in [1.807, 2.05) is 19.1 Å². The van der Waals surface area contributed by atoms with E-state index in [2.05, 4.69) is 5.10 Å². The number of benzene rings is 1. The zero-order chi connectivity index (χ0) is 11.7. The van der Waals surface area contributed by atoms with Crippen molar-refractivity contribution in [3.8, 4) is 5.69 Å². The maximum absolute atomic E-state index is 11.0. The van der Waals surface area contributed by atoms with Gasteiger partial charge in [-0.05, 0) is 19.1 Å². The van der Waals surface area contributed by atoms with Crippen LogP contribution in [0.1, 0.15) is 16.1 Å². The van der Waals surface area contributed by atoms with E-state index in [1.165, 1.54) is 10.9 Å². The molecule has 0 fully saturated rings. The highest BCUT2D eigenvalue weighted by Gasteiger charge is 2.17. The zero-order valence-electron chi connectivity index (χ0n) is 8.51. The third-order valence-corrected chi connectivity index (χ3v) is 2.48. The summed E-state index contributed by atoms with van der Waals surface area (Å²) in [5.74, 6) is -1.09. The van der Waals surface area contributed by atoms with E-state index in [0.717, 1.165) is 5.56 Å². The van der Waals surface area contributed by atoms with Gasteiger partial charge in [-0.3, -0.25) is 0 Å². The molecule has 1 aromatic heterocycles. The molecule has 16 heavy (non-hydrogen) atoms. The highest BCUT2D eigenvalue weighted by molar-refractivity contribution is 6.33. The van der Waals surface area contributed by atoms with Crippen LogP contribution in [0.4, 0.5) is 0 Å². The molecule has 82 valence electrons. The number of nitrogens with zero attached hydrogens (tertiary/aromatic N) is 2. The summed E-state index contributed by atoms with van der Waals surface area (Å²) in [7, 11) is 0. The molecule has 1 aromatic carbocycles. The number of halogens is 1. The molecule has 0 spiro atoms. The average molecular weight is 237 g/mol. The molecular weight excluding hydrogens is 228 g/mol. The van der Waals surface area contributed by atoms with Crippen molar-refractivity contribution in [2.45, 2.75) is 6.92 Å². The Morgan fingerprint density at radius 1 is 1.38 bits per heavy atom. The second-order valence-corrected chi connectivity index (χ2v) is 3.80. The minimum Gasteiger partial charge on any atom is -0.476 e. The number of hydrogen-bond donors (Lipinski definition) is 1. The fourth-order valence-corrected chi connectivity index (χ4v) is 1.61. The van der Waals surface area contributed by atoms with E-state index >= 15 is 0 Å². The topological polar surface area (TPSA) is 55.1 Å². The normalized spacial score (nSPS) is 10.4. The lowest BCUT2D eigenvalue weighted by molar-refractivity contribution is 0.0687. The van der Waals surface area contributed by atoms with E-state index in [9.17, 15) is 4.79 Å². The molecule has 0 saturated heterocycles. The third-order valence-electron chi connectivity index (χ3n) is 2.21. The molecule has 0 radical (unpaired) electrons. The van der Waals surface area contributed by atoms with Gasteiger partial charge in [-0.2, -0.15) is 5.10 Å². The molecule has 0 aliphatic carbocycles. The minimum absolute atomic E-state index is 0.0227. The Kier molecular flexibility index (Phi) is 2.66. The molecule has 1 N–H and O–H groups in total. The quantitative estimate of drug-likeness (QED) is 0.872. The highest BCUT2D eigenvalue weighted by Crippen LogP contribution is 2.19. The van der Waals surface area contributed by atoms with Gasteiger partial charge in [0.25, 0.3) is 0 Å². The fraction of sp³-hybridized carbons (Fsp3) is 0.0909.